The second-order valence-electron chi connectivity index (χ2n) is 5.59. The zero-order chi connectivity index (χ0) is 12.8. The predicted octanol–water partition coefficient (Wildman–Crippen LogP) is 2.65. The molecule has 92 valence electrons. The SMILES string of the molecule is Cc1cc(C)c(N2CCC(C)(C)C2=O)cc1N. The maximum Gasteiger partial charge on any atom is 0.232 e. The fraction of sp³-hybridized carbons (Fsp3) is 0.500. The van der Waals surface area contributed by atoms with E-state index in [2.05, 4.69) is 0 Å². The van der Waals surface area contributed by atoms with Crippen LogP contribution >= 0.6 is 0 Å². The van der Waals surface area contributed by atoms with Crippen molar-refractivity contribution in [1.82, 2.24) is 0 Å². The van der Waals surface area contributed by atoms with E-state index in [9.17, 15) is 4.79 Å². The van der Waals surface area contributed by atoms with E-state index in [0.29, 0.717) is 0 Å². The van der Waals surface area contributed by atoms with Crippen LogP contribution in [0.4, 0.5) is 11.4 Å². The molecule has 0 bridgehead atoms. The van der Waals surface area contributed by atoms with Crippen molar-refractivity contribution in [2.24, 2.45) is 5.41 Å². The Bertz CT molecular complexity index is 477. The Morgan fingerprint density at radius 2 is 1.88 bits per heavy atom. The molecule has 2 N–H and O–H groups in total. The van der Waals surface area contributed by atoms with Gasteiger partial charge in [-0.3, -0.25) is 4.79 Å². The van der Waals surface area contributed by atoms with Gasteiger partial charge in [0.05, 0.1) is 0 Å². The Labute approximate surface area is 103 Å². The van der Waals surface area contributed by atoms with Crippen molar-refractivity contribution < 1.29 is 4.79 Å². The maximum atomic E-state index is 12.3. The van der Waals surface area contributed by atoms with Crippen molar-refractivity contribution in [2.75, 3.05) is 17.2 Å². The van der Waals surface area contributed by atoms with Crippen molar-refractivity contribution in [3.05, 3.63) is 23.3 Å². The second kappa shape index (κ2) is 3.76. The molecule has 0 unspecified atom stereocenters. The highest BCUT2D eigenvalue weighted by molar-refractivity contribution is 6.00. The van der Waals surface area contributed by atoms with Crippen LogP contribution in [0, 0.1) is 19.3 Å². The van der Waals surface area contributed by atoms with Gasteiger partial charge >= 0.3 is 0 Å². The first-order chi connectivity index (χ1) is 7.83. The van der Waals surface area contributed by atoms with E-state index in [4.69, 9.17) is 5.73 Å². The number of benzene rings is 1. The molecule has 0 saturated carbocycles. The van der Waals surface area contributed by atoms with Crippen LogP contribution in [0.25, 0.3) is 0 Å². The fourth-order valence-corrected chi connectivity index (χ4v) is 2.34. The molecular weight excluding hydrogens is 212 g/mol. The average molecular weight is 232 g/mol. The van der Waals surface area contributed by atoms with Gasteiger partial charge < -0.3 is 10.6 Å². The number of rotatable bonds is 1. The lowest BCUT2D eigenvalue weighted by Crippen LogP contribution is -2.31. The van der Waals surface area contributed by atoms with Crippen molar-refractivity contribution in [3.8, 4) is 0 Å². The molecule has 1 aliphatic rings. The molecule has 1 aromatic carbocycles. The van der Waals surface area contributed by atoms with Crippen LogP contribution in [0.3, 0.4) is 0 Å². The molecule has 0 radical (unpaired) electrons. The molecule has 0 spiro atoms. The van der Waals surface area contributed by atoms with Crippen LogP contribution in [0.5, 0.6) is 0 Å². The number of nitrogens with two attached hydrogens (primary N) is 1. The largest absolute Gasteiger partial charge is 0.398 e. The molecule has 0 aromatic heterocycles. The lowest BCUT2D eigenvalue weighted by molar-refractivity contribution is -0.123. The minimum Gasteiger partial charge on any atom is -0.398 e. The number of carbonyl (C=O) groups is 1. The van der Waals surface area contributed by atoms with Gasteiger partial charge in [0, 0.05) is 23.3 Å². The van der Waals surface area contributed by atoms with Gasteiger partial charge in [0.1, 0.15) is 0 Å². The van der Waals surface area contributed by atoms with Gasteiger partial charge in [0.25, 0.3) is 0 Å². The summed E-state index contributed by atoms with van der Waals surface area (Å²) in [6, 6.07) is 3.97. The predicted molar refractivity (Wildman–Crippen MR) is 71.1 cm³/mol. The number of hydrogen-bond donors (Lipinski definition) is 1. The van der Waals surface area contributed by atoms with Gasteiger partial charge in [0.15, 0.2) is 0 Å². The quantitative estimate of drug-likeness (QED) is 0.757. The molecule has 1 fully saturated rings. The summed E-state index contributed by atoms with van der Waals surface area (Å²) in [5.41, 5.74) is 9.58. The molecule has 0 aliphatic carbocycles. The second-order valence-corrected chi connectivity index (χ2v) is 5.59. The third-order valence-corrected chi connectivity index (χ3v) is 3.66. The number of carbonyl (C=O) groups excluding carboxylic acids is 1. The van der Waals surface area contributed by atoms with E-state index in [1.165, 1.54) is 0 Å². The first kappa shape index (κ1) is 12.0. The van der Waals surface area contributed by atoms with Crippen molar-refractivity contribution >= 4 is 17.3 Å². The van der Waals surface area contributed by atoms with Crippen LogP contribution in [0.2, 0.25) is 0 Å². The number of nitrogen functional groups attached to an aromatic ring is 1. The first-order valence-corrected chi connectivity index (χ1v) is 6.01. The topological polar surface area (TPSA) is 46.3 Å². The molecule has 0 atom stereocenters. The highest BCUT2D eigenvalue weighted by atomic mass is 16.2. The third kappa shape index (κ3) is 1.90. The van der Waals surface area contributed by atoms with Crippen LogP contribution in [-0.2, 0) is 4.79 Å². The molecule has 1 saturated heterocycles. The minimum absolute atomic E-state index is 0.198. The lowest BCUT2D eigenvalue weighted by atomic mass is 9.92. The highest BCUT2D eigenvalue weighted by Crippen LogP contribution is 2.36. The van der Waals surface area contributed by atoms with Crippen molar-refractivity contribution in [2.45, 2.75) is 34.1 Å². The third-order valence-electron chi connectivity index (χ3n) is 3.66. The van der Waals surface area contributed by atoms with Gasteiger partial charge in [0.2, 0.25) is 5.91 Å². The molecule has 1 aromatic rings. The smallest absolute Gasteiger partial charge is 0.232 e. The summed E-state index contributed by atoms with van der Waals surface area (Å²) in [5, 5.41) is 0. The van der Waals surface area contributed by atoms with E-state index >= 15 is 0 Å². The van der Waals surface area contributed by atoms with E-state index < -0.39 is 0 Å². The van der Waals surface area contributed by atoms with Crippen LogP contribution in [0.1, 0.15) is 31.4 Å². The normalized spacial score (nSPS) is 18.8. The summed E-state index contributed by atoms with van der Waals surface area (Å²) in [6.45, 7) is 8.81. The van der Waals surface area contributed by atoms with Gasteiger partial charge in [-0.1, -0.05) is 19.9 Å². The zero-order valence-corrected chi connectivity index (χ0v) is 11.0. The van der Waals surface area contributed by atoms with Crippen LogP contribution < -0.4 is 10.6 Å². The minimum atomic E-state index is -0.244. The van der Waals surface area contributed by atoms with Gasteiger partial charge in [-0.15, -0.1) is 0 Å². The Morgan fingerprint density at radius 3 is 2.41 bits per heavy atom. The maximum absolute atomic E-state index is 12.3. The zero-order valence-electron chi connectivity index (χ0n) is 11.0. The van der Waals surface area contributed by atoms with Crippen molar-refractivity contribution in [1.29, 1.82) is 0 Å². The van der Waals surface area contributed by atoms with E-state index in [-0.39, 0.29) is 11.3 Å². The van der Waals surface area contributed by atoms with Gasteiger partial charge in [-0.2, -0.15) is 0 Å². The molecule has 1 aliphatic heterocycles. The summed E-state index contributed by atoms with van der Waals surface area (Å²) < 4.78 is 0. The standard InChI is InChI=1S/C14H20N2O/c1-9-7-10(2)12(8-11(9)15)16-6-5-14(3,4)13(16)17/h7-8H,5-6,15H2,1-4H3. The highest BCUT2D eigenvalue weighted by Gasteiger charge is 2.39. The summed E-state index contributed by atoms with van der Waals surface area (Å²) >= 11 is 0. The molecule has 3 heteroatoms. The molecular formula is C14H20N2O. The Morgan fingerprint density at radius 1 is 1.24 bits per heavy atom. The van der Waals surface area contributed by atoms with Gasteiger partial charge in [-0.05, 0) is 37.5 Å². The first-order valence-electron chi connectivity index (χ1n) is 6.01. The molecule has 1 amide bonds. The Hall–Kier alpha value is -1.51. The summed E-state index contributed by atoms with van der Waals surface area (Å²) in [4.78, 5) is 14.1. The van der Waals surface area contributed by atoms with Crippen LogP contribution in [0.15, 0.2) is 12.1 Å². The number of hydrogen-bond acceptors (Lipinski definition) is 2. The molecule has 2 rings (SSSR count). The van der Waals surface area contributed by atoms with E-state index in [1.54, 1.807) is 0 Å². The van der Waals surface area contributed by atoms with Crippen molar-refractivity contribution in [3.63, 3.8) is 0 Å². The Balaban J connectivity index is 2.43. The lowest BCUT2D eigenvalue weighted by Gasteiger charge is -2.22. The molecule has 17 heavy (non-hydrogen) atoms. The molecule has 1 heterocycles. The Kier molecular flexibility index (Phi) is 2.64. The van der Waals surface area contributed by atoms with Crippen LogP contribution in [-0.4, -0.2) is 12.5 Å². The van der Waals surface area contributed by atoms with Gasteiger partial charge in [-0.25, -0.2) is 0 Å². The number of amides is 1. The summed E-state index contributed by atoms with van der Waals surface area (Å²) in [5.74, 6) is 0.198. The summed E-state index contributed by atoms with van der Waals surface area (Å²) in [6.07, 6.45) is 0.902. The number of anilines is 2. The number of aryl methyl sites for hydroxylation is 2. The molecule has 3 nitrogen and oxygen atoms in total. The average Bonchev–Trinajstić information content (AvgIpc) is 2.49. The van der Waals surface area contributed by atoms with E-state index in [0.717, 1.165) is 35.5 Å². The monoisotopic (exact) mass is 232 g/mol. The summed E-state index contributed by atoms with van der Waals surface area (Å²) in [7, 11) is 0. The number of nitrogens with zero attached hydrogens (tertiary/aromatic N) is 1. The fourth-order valence-electron chi connectivity index (χ4n) is 2.34. The van der Waals surface area contributed by atoms with E-state index in [1.807, 2.05) is 44.7 Å².